The van der Waals surface area contributed by atoms with Crippen LogP contribution in [0, 0.1) is 11.3 Å². The van der Waals surface area contributed by atoms with Crippen molar-refractivity contribution in [1.29, 1.82) is 0 Å². The monoisotopic (exact) mass is 479 g/mol. The first-order chi connectivity index (χ1) is 11.8. The van der Waals surface area contributed by atoms with Gasteiger partial charge in [0.05, 0.1) is 6.10 Å². The normalized spacial score (nSPS) is 39.4. The summed E-state index contributed by atoms with van der Waals surface area (Å²) in [5, 5.41) is 8.39. The average Bonchev–Trinajstić information content (AvgIpc) is 3.27. The van der Waals surface area contributed by atoms with Crippen LogP contribution in [-0.4, -0.2) is 49.3 Å². The lowest BCUT2D eigenvalue weighted by Gasteiger charge is -2.57. The summed E-state index contributed by atoms with van der Waals surface area (Å²) in [6.45, 7) is 0.958. The molecule has 144 valence electrons. The fourth-order valence-corrected chi connectivity index (χ4v) is 6.73. The Bertz CT molecular complexity index is 483. The highest BCUT2D eigenvalue weighted by Crippen LogP contribution is 2.60. The minimum absolute atomic E-state index is 0. The van der Waals surface area contributed by atoms with Crippen molar-refractivity contribution in [2.75, 3.05) is 19.9 Å². The molecule has 4 nitrogen and oxygen atoms in total. The van der Waals surface area contributed by atoms with Gasteiger partial charge in [0.2, 0.25) is 0 Å². The number of thioether (sulfide) groups is 1. The molecule has 0 aromatic heterocycles. The van der Waals surface area contributed by atoms with Crippen molar-refractivity contribution < 1.29 is 4.74 Å². The molecule has 6 heteroatoms. The zero-order chi connectivity index (χ0) is 16.6. The van der Waals surface area contributed by atoms with Crippen molar-refractivity contribution in [3.05, 3.63) is 0 Å². The molecule has 3 aliphatic carbocycles. The van der Waals surface area contributed by atoms with Crippen LogP contribution in [0.2, 0.25) is 0 Å². The highest BCUT2D eigenvalue weighted by atomic mass is 127. The summed E-state index contributed by atoms with van der Waals surface area (Å²) >= 11 is 2.02. The van der Waals surface area contributed by atoms with Crippen molar-refractivity contribution in [2.45, 2.75) is 81.2 Å². The van der Waals surface area contributed by atoms with E-state index in [2.05, 4.69) is 21.9 Å². The van der Waals surface area contributed by atoms with Gasteiger partial charge in [-0.1, -0.05) is 19.3 Å². The predicted octanol–water partition coefficient (Wildman–Crippen LogP) is 3.79. The first-order valence-corrected chi connectivity index (χ1v) is 11.2. The maximum atomic E-state index is 6.11. The number of halogens is 1. The quantitative estimate of drug-likeness (QED) is 0.368. The maximum absolute atomic E-state index is 6.11. The lowest BCUT2D eigenvalue weighted by atomic mass is 9.54. The molecule has 0 bridgehead atoms. The number of nitrogens with one attached hydrogen (secondary N) is 2. The average molecular weight is 479 g/mol. The zero-order valence-corrected chi connectivity index (χ0v) is 18.8. The highest BCUT2D eigenvalue weighted by Gasteiger charge is 2.65. The summed E-state index contributed by atoms with van der Waals surface area (Å²) in [4.78, 5) is 4.57. The molecule has 0 aromatic carbocycles. The van der Waals surface area contributed by atoms with E-state index in [0.717, 1.165) is 17.8 Å². The van der Waals surface area contributed by atoms with Gasteiger partial charge in [0.1, 0.15) is 0 Å². The molecule has 0 amide bonds. The smallest absolute Gasteiger partial charge is 0.191 e. The Morgan fingerprint density at radius 1 is 1.12 bits per heavy atom. The summed E-state index contributed by atoms with van der Waals surface area (Å²) in [5.74, 6) is 1.73. The zero-order valence-electron chi connectivity index (χ0n) is 15.6. The van der Waals surface area contributed by atoms with Crippen LogP contribution in [0.4, 0.5) is 0 Å². The Morgan fingerprint density at radius 2 is 1.92 bits per heavy atom. The van der Waals surface area contributed by atoms with E-state index in [9.17, 15) is 0 Å². The SMILES string of the molecule is CN=C(NC1CCCC(SC)C1)NC1C2CCOC2C12CCCC2.I. The number of guanidine groups is 1. The van der Waals surface area contributed by atoms with Crippen LogP contribution in [0.1, 0.15) is 57.8 Å². The molecule has 1 saturated heterocycles. The van der Waals surface area contributed by atoms with E-state index in [0.29, 0.717) is 29.5 Å². The van der Waals surface area contributed by atoms with Gasteiger partial charge in [-0.25, -0.2) is 0 Å². The van der Waals surface area contributed by atoms with Crippen molar-refractivity contribution in [1.82, 2.24) is 10.6 Å². The third kappa shape index (κ3) is 3.68. The summed E-state index contributed by atoms with van der Waals surface area (Å²) in [6.07, 6.45) is 14.7. The first kappa shape index (κ1) is 20.1. The summed E-state index contributed by atoms with van der Waals surface area (Å²) in [5.41, 5.74) is 0.396. The molecule has 4 fully saturated rings. The maximum Gasteiger partial charge on any atom is 0.191 e. The number of hydrogen-bond acceptors (Lipinski definition) is 3. The van der Waals surface area contributed by atoms with Crippen molar-refractivity contribution in [3.63, 3.8) is 0 Å². The number of rotatable bonds is 3. The number of aliphatic imine (C=N–C) groups is 1. The molecule has 0 radical (unpaired) electrons. The molecule has 4 rings (SSSR count). The van der Waals surface area contributed by atoms with Gasteiger partial charge < -0.3 is 15.4 Å². The highest BCUT2D eigenvalue weighted by molar-refractivity contribution is 14.0. The van der Waals surface area contributed by atoms with Crippen LogP contribution in [0.5, 0.6) is 0 Å². The Hall–Kier alpha value is 0.310. The van der Waals surface area contributed by atoms with Gasteiger partial charge in [-0.15, -0.1) is 24.0 Å². The van der Waals surface area contributed by atoms with Gasteiger partial charge in [0.25, 0.3) is 0 Å². The van der Waals surface area contributed by atoms with Crippen molar-refractivity contribution in [3.8, 4) is 0 Å². The third-order valence-electron chi connectivity index (χ3n) is 7.10. The predicted molar refractivity (Wildman–Crippen MR) is 117 cm³/mol. The van der Waals surface area contributed by atoms with E-state index < -0.39 is 0 Å². The topological polar surface area (TPSA) is 45.7 Å². The Kier molecular flexibility index (Phi) is 6.86. The molecule has 2 N–H and O–H groups in total. The Balaban J connectivity index is 0.00000182. The molecule has 5 unspecified atom stereocenters. The number of nitrogens with zero attached hydrogens (tertiary/aromatic N) is 1. The molecule has 5 atom stereocenters. The molecular weight excluding hydrogens is 445 g/mol. The Morgan fingerprint density at radius 3 is 2.64 bits per heavy atom. The van der Waals surface area contributed by atoms with Crippen molar-refractivity contribution in [2.24, 2.45) is 16.3 Å². The lowest BCUT2D eigenvalue weighted by Crippen LogP contribution is -2.69. The van der Waals surface area contributed by atoms with Crippen LogP contribution in [0.3, 0.4) is 0 Å². The molecular formula is C19H34IN3OS. The van der Waals surface area contributed by atoms with E-state index >= 15 is 0 Å². The third-order valence-corrected chi connectivity index (χ3v) is 8.20. The largest absolute Gasteiger partial charge is 0.377 e. The second-order valence-corrected chi connectivity index (χ2v) is 9.38. The standard InChI is InChI=1S/C19H33N3OS.HI/c1-20-18(21-13-6-5-7-14(12-13)24-2)22-16-15-8-11-23-17(15)19(16)9-3-4-10-19;/h13-17H,3-12H2,1-2H3,(H2,20,21,22);1H. The minimum Gasteiger partial charge on any atom is -0.377 e. The minimum atomic E-state index is 0. The lowest BCUT2D eigenvalue weighted by molar-refractivity contribution is -0.125. The number of ether oxygens (including phenoxy) is 1. The van der Waals surface area contributed by atoms with Crippen LogP contribution >= 0.6 is 35.7 Å². The van der Waals surface area contributed by atoms with E-state index in [1.165, 1.54) is 57.8 Å². The van der Waals surface area contributed by atoms with Crippen LogP contribution < -0.4 is 10.6 Å². The molecule has 1 heterocycles. The fraction of sp³-hybridized carbons (Fsp3) is 0.947. The molecule has 0 aromatic rings. The van der Waals surface area contributed by atoms with Gasteiger partial charge in [-0.3, -0.25) is 4.99 Å². The second kappa shape index (κ2) is 8.55. The van der Waals surface area contributed by atoms with E-state index in [-0.39, 0.29) is 24.0 Å². The van der Waals surface area contributed by atoms with Gasteiger partial charge in [-0.2, -0.15) is 11.8 Å². The molecule has 3 saturated carbocycles. The number of hydrogen-bond donors (Lipinski definition) is 2. The summed E-state index contributed by atoms with van der Waals surface area (Å²) < 4.78 is 6.11. The van der Waals surface area contributed by atoms with Gasteiger partial charge in [0.15, 0.2) is 5.96 Å². The molecule has 4 aliphatic rings. The van der Waals surface area contributed by atoms with Crippen LogP contribution in [-0.2, 0) is 4.74 Å². The van der Waals surface area contributed by atoms with Gasteiger partial charge in [-0.05, 0) is 44.8 Å². The summed E-state index contributed by atoms with van der Waals surface area (Å²) in [6, 6.07) is 1.15. The van der Waals surface area contributed by atoms with Gasteiger partial charge >= 0.3 is 0 Å². The summed E-state index contributed by atoms with van der Waals surface area (Å²) in [7, 11) is 1.92. The Labute approximate surface area is 174 Å². The molecule has 25 heavy (non-hydrogen) atoms. The molecule has 1 spiro atoms. The van der Waals surface area contributed by atoms with Crippen LogP contribution in [0.15, 0.2) is 4.99 Å². The van der Waals surface area contributed by atoms with Gasteiger partial charge in [0, 0.05) is 42.3 Å². The van der Waals surface area contributed by atoms with Crippen LogP contribution in [0.25, 0.3) is 0 Å². The van der Waals surface area contributed by atoms with Crippen molar-refractivity contribution >= 4 is 41.7 Å². The number of fused-ring (bicyclic) bond motifs is 2. The van der Waals surface area contributed by atoms with E-state index in [4.69, 9.17) is 4.74 Å². The molecule has 1 aliphatic heterocycles. The first-order valence-electron chi connectivity index (χ1n) is 9.91. The van der Waals surface area contributed by atoms with E-state index in [1.807, 2.05) is 18.8 Å². The van der Waals surface area contributed by atoms with E-state index in [1.54, 1.807) is 0 Å². The second-order valence-electron chi connectivity index (χ2n) is 8.24. The fourth-order valence-electron chi connectivity index (χ4n) is 5.91.